The number of hydrogen-bond donors (Lipinski definition) is 1. The maximum absolute atomic E-state index is 3.76. The average molecular weight is 261 g/mol. The van der Waals surface area contributed by atoms with Gasteiger partial charge >= 0.3 is 0 Å². The third-order valence-electron chi connectivity index (χ3n) is 4.24. The lowest BCUT2D eigenvalue weighted by atomic mass is 9.92. The summed E-state index contributed by atoms with van der Waals surface area (Å²) in [7, 11) is 0. The van der Waals surface area contributed by atoms with E-state index in [0.717, 1.165) is 12.5 Å². The van der Waals surface area contributed by atoms with Gasteiger partial charge in [0.15, 0.2) is 0 Å². The molecular weight excluding hydrogens is 238 g/mol. The highest BCUT2D eigenvalue weighted by atomic mass is 32.2. The topological polar surface area (TPSA) is 12.0 Å². The van der Waals surface area contributed by atoms with Crippen molar-refractivity contribution in [2.75, 3.05) is 12.3 Å². The summed E-state index contributed by atoms with van der Waals surface area (Å²) in [5.41, 5.74) is 4.81. The Balaban J connectivity index is 1.94. The first-order valence-corrected chi connectivity index (χ1v) is 8.30. The van der Waals surface area contributed by atoms with Crippen LogP contribution >= 0.6 is 11.8 Å². The molecule has 18 heavy (non-hydrogen) atoms. The standard InChI is InChI=1S/C16H23NS/c1-3-7-17-16-11(2)10-18-15-9-13-6-4-5-12(13)8-14(15)16/h8-9,11,16-17H,3-7,10H2,1-2H3. The molecule has 0 spiro atoms. The Hall–Kier alpha value is -0.470. The van der Waals surface area contributed by atoms with E-state index in [2.05, 4.69) is 43.1 Å². The van der Waals surface area contributed by atoms with Crippen molar-refractivity contribution in [3.63, 3.8) is 0 Å². The minimum atomic E-state index is 0.576. The van der Waals surface area contributed by atoms with Gasteiger partial charge in [-0.2, -0.15) is 0 Å². The second-order valence-electron chi connectivity index (χ2n) is 5.73. The molecule has 2 heteroatoms. The number of thioether (sulfide) groups is 1. The summed E-state index contributed by atoms with van der Waals surface area (Å²) >= 11 is 2.06. The molecule has 0 amide bonds. The summed E-state index contributed by atoms with van der Waals surface area (Å²) in [6.07, 6.45) is 5.16. The molecule has 0 radical (unpaired) electrons. The van der Waals surface area contributed by atoms with Crippen LogP contribution in [-0.4, -0.2) is 12.3 Å². The Kier molecular flexibility index (Phi) is 3.67. The Morgan fingerprint density at radius 1 is 1.28 bits per heavy atom. The molecule has 0 aromatic heterocycles. The fourth-order valence-corrected chi connectivity index (χ4v) is 4.44. The highest BCUT2D eigenvalue weighted by Crippen LogP contribution is 2.42. The SMILES string of the molecule is CCCNC1c2cc3c(cc2SCC1C)CCC3. The lowest BCUT2D eigenvalue weighted by Crippen LogP contribution is -2.31. The van der Waals surface area contributed by atoms with Crippen LogP contribution in [0.25, 0.3) is 0 Å². The van der Waals surface area contributed by atoms with Gasteiger partial charge in [0.25, 0.3) is 0 Å². The van der Waals surface area contributed by atoms with Crippen molar-refractivity contribution < 1.29 is 0 Å². The van der Waals surface area contributed by atoms with Crippen LogP contribution in [0.5, 0.6) is 0 Å². The first-order chi connectivity index (χ1) is 8.79. The van der Waals surface area contributed by atoms with Crippen LogP contribution in [0.4, 0.5) is 0 Å². The van der Waals surface area contributed by atoms with Crippen LogP contribution in [0, 0.1) is 5.92 Å². The minimum Gasteiger partial charge on any atom is -0.310 e. The molecular formula is C16H23NS. The van der Waals surface area contributed by atoms with Gasteiger partial charge in [0.1, 0.15) is 0 Å². The first kappa shape index (κ1) is 12.6. The molecule has 0 fully saturated rings. The van der Waals surface area contributed by atoms with Crippen molar-refractivity contribution in [2.24, 2.45) is 5.92 Å². The van der Waals surface area contributed by atoms with E-state index >= 15 is 0 Å². The Morgan fingerprint density at radius 3 is 2.83 bits per heavy atom. The lowest BCUT2D eigenvalue weighted by molar-refractivity contribution is 0.407. The zero-order valence-corrected chi connectivity index (χ0v) is 12.3. The van der Waals surface area contributed by atoms with Crippen LogP contribution < -0.4 is 5.32 Å². The zero-order valence-electron chi connectivity index (χ0n) is 11.5. The van der Waals surface area contributed by atoms with Gasteiger partial charge in [-0.3, -0.25) is 0 Å². The van der Waals surface area contributed by atoms with E-state index in [9.17, 15) is 0 Å². The van der Waals surface area contributed by atoms with Crippen molar-refractivity contribution in [1.29, 1.82) is 0 Å². The maximum atomic E-state index is 3.76. The second-order valence-corrected chi connectivity index (χ2v) is 6.79. The molecule has 1 heterocycles. The molecule has 0 bridgehead atoms. The Bertz CT molecular complexity index is 441. The maximum Gasteiger partial charge on any atom is 0.0365 e. The van der Waals surface area contributed by atoms with E-state index in [0.29, 0.717) is 6.04 Å². The molecule has 1 aliphatic carbocycles. The van der Waals surface area contributed by atoms with Gasteiger partial charge < -0.3 is 5.32 Å². The van der Waals surface area contributed by atoms with E-state index in [1.165, 1.54) is 31.4 Å². The van der Waals surface area contributed by atoms with Gasteiger partial charge in [-0.1, -0.05) is 19.9 Å². The van der Waals surface area contributed by atoms with Gasteiger partial charge in [-0.05, 0) is 60.9 Å². The summed E-state index contributed by atoms with van der Waals surface area (Å²) in [6, 6.07) is 5.56. The third-order valence-corrected chi connectivity index (χ3v) is 5.60. The largest absolute Gasteiger partial charge is 0.310 e. The van der Waals surface area contributed by atoms with Crippen LogP contribution in [0.1, 0.15) is 49.4 Å². The van der Waals surface area contributed by atoms with Crippen molar-refractivity contribution in [1.82, 2.24) is 5.32 Å². The normalized spacial score (nSPS) is 25.9. The molecule has 1 aromatic rings. The molecule has 0 saturated carbocycles. The Morgan fingerprint density at radius 2 is 2.06 bits per heavy atom. The van der Waals surface area contributed by atoms with E-state index in [4.69, 9.17) is 0 Å². The predicted molar refractivity (Wildman–Crippen MR) is 79.4 cm³/mol. The highest BCUT2D eigenvalue weighted by Gasteiger charge is 2.28. The smallest absolute Gasteiger partial charge is 0.0365 e. The zero-order chi connectivity index (χ0) is 12.5. The summed E-state index contributed by atoms with van der Waals surface area (Å²) in [4.78, 5) is 1.54. The third kappa shape index (κ3) is 2.21. The molecule has 1 aliphatic heterocycles. The van der Waals surface area contributed by atoms with E-state index in [1.54, 1.807) is 21.6 Å². The number of rotatable bonds is 3. The van der Waals surface area contributed by atoms with Crippen LogP contribution in [0.2, 0.25) is 0 Å². The van der Waals surface area contributed by atoms with Gasteiger partial charge in [0.2, 0.25) is 0 Å². The number of hydrogen-bond acceptors (Lipinski definition) is 2. The number of aryl methyl sites for hydroxylation is 2. The summed E-state index contributed by atoms with van der Waals surface area (Å²) in [5.74, 6) is 2.00. The number of benzene rings is 1. The minimum absolute atomic E-state index is 0.576. The van der Waals surface area contributed by atoms with Gasteiger partial charge in [-0.25, -0.2) is 0 Å². The fraction of sp³-hybridized carbons (Fsp3) is 0.625. The molecule has 1 aromatic carbocycles. The van der Waals surface area contributed by atoms with Crippen molar-refractivity contribution in [3.05, 3.63) is 28.8 Å². The summed E-state index contributed by atoms with van der Waals surface area (Å²) in [5, 5.41) is 3.76. The van der Waals surface area contributed by atoms with Gasteiger partial charge in [-0.15, -0.1) is 11.8 Å². The van der Waals surface area contributed by atoms with Crippen molar-refractivity contribution in [2.45, 2.75) is 50.5 Å². The van der Waals surface area contributed by atoms with E-state index < -0.39 is 0 Å². The molecule has 1 nitrogen and oxygen atoms in total. The average Bonchev–Trinajstić information content (AvgIpc) is 2.82. The van der Waals surface area contributed by atoms with E-state index in [1.807, 2.05) is 0 Å². The van der Waals surface area contributed by atoms with Gasteiger partial charge in [0, 0.05) is 16.7 Å². The highest BCUT2D eigenvalue weighted by molar-refractivity contribution is 7.99. The number of nitrogens with one attached hydrogen (secondary N) is 1. The molecule has 3 rings (SSSR count). The lowest BCUT2D eigenvalue weighted by Gasteiger charge is -2.32. The molecule has 2 unspecified atom stereocenters. The van der Waals surface area contributed by atoms with Crippen molar-refractivity contribution >= 4 is 11.8 Å². The van der Waals surface area contributed by atoms with Crippen LogP contribution in [0.3, 0.4) is 0 Å². The second kappa shape index (κ2) is 5.26. The predicted octanol–water partition coefficient (Wildman–Crippen LogP) is 3.96. The molecule has 0 saturated heterocycles. The Labute approximate surface area is 115 Å². The van der Waals surface area contributed by atoms with E-state index in [-0.39, 0.29) is 0 Å². The molecule has 2 atom stereocenters. The molecule has 1 N–H and O–H groups in total. The number of fused-ring (bicyclic) bond motifs is 2. The van der Waals surface area contributed by atoms with Gasteiger partial charge in [0.05, 0.1) is 0 Å². The molecule has 2 aliphatic rings. The first-order valence-electron chi connectivity index (χ1n) is 7.31. The monoisotopic (exact) mass is 261 g/mol. The molecule has 98 valence electrons. The van der Waals surface area contributed by atoms with Crippen LogP contribution in [-0.2, 0) is 12.8 Å². The quantitative estimate of drug-likeness (QED) is 0.884. The van der Waals surface area contributed by atoms with Crippen LogP contribution in [0.15, 0.2) is 17.0 Å². The summed E-state index contributed by atoms with van der Waals surface area (Å²) < 4.78 is 0. The summed E-state index contributed by atoms with van der Waals surface area (Å²) in [6.45, 7) is 5.77. The fourth-order valence-electron chi connectivity index (χ4n) is 3.22. The van der Waals surface area contributed by atoms with Crippen molar-refractivity contribution in [3.8, 4) is 0 Å².